The number of aromatic nitrogens is 1. The molecule has 1 aliphatic heterocycles. The number of anilines is 1. The van der Waals surface area contributed by atoms with Crippen LogP contribution in [0.5, 0.6) is 0 Å². The molecule has 1 saturated heterocycles. The molecular weight excluding hydrogens is 214 g/mol. The molecule has 0 amide bonds. The molecule has 1 fully saturated rings. The molecule has 0 bridgehead atoms. The number of rotatable bonds is 2. The van der Waals surface area contributed by atoms with E-state index in [1.54, 1.807) is 0 Å². The van der Waals surface area contributed by atoms with E-state index >= 15 is 0 Å². The first kappa shape index (κ1) is 12.3. The van der Waals surface area contributed by atoms with Crippen molar-refractivity contribution in [2.45, 2.75) is 39.0 Å². The smallest absolute Gasteiger partial charge is 0.133 e. The second-order valence-corrected chi connectivity index (χ2v) is 4.85. The summed E-state index contributed by atoms with van der Waals surface area (Å²) in [5.74, 6) is 1.00. The van der Waals surface area contributed by atoms with Gasteiger partial charge < -0.3 is 15.4 Å². The summed E-state index contributed by atoms with van der Waals surface area (Å²) in [6.45, 7) is 7.86. The predicted octanol–water partition coefficient (Wildman–Crippen LogP) is 1.71. The molecule has 4 nitrogen and oxygen atoms in total. The van der Waals surface area contributed by atoms with Crippen molar-refractivity contribution in [1.29, 1.82) is 0 Å². The van der Waals surface area contributed by atoms with E-state index in [9.17, 15) is 0 Å². The minimum absolute atomic E-state index is 0.00375. The Labute approximate surface area is 103 Å². The van der Waals surface area contributed by atoms with Crippen molar-refractivity contribution in [3.63, 3.8) is 0 Å². The number of ether oxygens (including phenoxy) is 1. The molecule has 2 unspecified atom stereocenters. The standard InChI is InChI=1S/C13H21N3O/c1-9-8-17-10(2)7-16(9)13-12(11(3)14)5-4-6-15-13/h4-6,9-11H,7-8,14H2,1-3H3/t9?,10?,11-/m0/s1. The summed E-state index contributed by atoms with van der Waals surface area (Å²) in [4.78, 5) is 6.80. The van der Waals surface area contributed by atoms with Crippen molar-refractivity contribution in [3.05, 3.63) is 23.9 Å². The minimum atomic E-state index is 0.00375. The third kappa shape index (κ3) is 2.58. The number of hydrogen-bond acceptors (Lipinski definition) is 4. The van der Waals surface area contributed by atoms with Gasteiger partial charge in [-0.05, 0) is 26.8 Å². The van der Waals surface area contributed by atoms with Crippen LogP contribution in [0.2, 0.25) is 0 Å². The van der Waals surface area contributed by atoms with E-state index in [1.165, 1.54) is 0 Å². The molecule has 1 aromatic rings. The molecule has 0 spiro atoms. The van der Waals surface area contributed by atoms with E-state index in [4.69, 9.17) is 10.5 Å². The predicted molar refractivity (Wildman–Crippen MR) is 69.1 cm³/mol. The third-order valence-corrected chi connectivity index (χ3v) is 3.19. The minimum Gasteiger partial charge on any atom is -0.375 e. The first-order valence-corrected chi connectivity index (χ1v) is 6.18. The van der Waals surface area contributed by atoms with Gasteiger partial charge in [-0.15, -0.1) is 0 Å². The molecular formula is C13H21N3O. The normalized spacial score (nSPS) is 26.9. The number of hydrogen-bond donors (Lipinski definition) is 1. The molecule has 1 aliphatic rings. The largest absolute Gasteiger partial charge is 0.375 e. The molecule has 4 heteroatoms. The summed E-state index contributed by atoms with van der Waals surface area (Å²) in [5.41, 5.74) is 7.11. The van der Waals surface area contributed by atoms with Crippen LogP contribution in [0.25, 0.3) is 0 Å². The number of nitrogens with two attached hydrogens (primary N) is 1. The van der Waals surface area contributed by atoms with Gasteiger partial charge in [-0.25, -0.2) is 4.98 Å². The average molecular weight is 235 g/mol. The molecule has 2 heterocycles. The highest BCUT2D eigenvalue weighted by atomic mass is 16.5. The van der Waals surface area contributed by atoms with Crippen LogP contribution < -0.4 is 10.6 Å². The lowest BCUT2D eigenvalue weighted by Gasteiger charge is -2.38. The van der Waals surface area contributed by atoms with Gasteiger partial charge in [0.1, 0.15) is 5.82 Å². The zero-order valence-electron chi connectivity index (χ0n) is 10.8. The van der Waals surface area contributed by atoms with E-state index in [1.807, 2.05) is 19.2 Å². The van der Waals surface area contributed by atoms with Crippen LogP contribution in [-0.2, 0) is 4.74 Å². The van der Waals surface area contributed by atoms with Crippen LogP contribution in [-0.4, -0.2) is 30.3 Å². The van der Waals surface area contributed by atoms with Crippen LogP contribution in [0, 0.1) is 0 Å². The highest BCUT2D eigenvalue weighted by molar-refractivity contribution is 5.49. The fourth-order valence-corrected chi connectivity index (χ4v) is 2.20. The first-order chi connectivity index (χ1) is 8.09. The fraction of sp³-hybridized carbons (Fsp3) is 0.615. The second kappa shape index (κ2) is 5.02. The number of morpholine rings is 1. The van der Waals surface area contributed by atoms with E-state index in [-0.39, 0.29) is 12.1 Å². The maximum atomic E-state index is 6.00. The Morgan fingerprint density at radius 2 is 2.29 bits per heavy atom. The number of pyridine rings is 1. The highest BCUT2D eigenvalue weighted by Crippen LogP contribution is 2.26. The molecule has 1 aromatic heterocycles. The van der Waals surface area contributed by atoms with Crippen LogP contribution in [0.4, 0.5) is 5.82 Å². The quantitative estimate of drug-likeness (QED) is 0.848. The van der Waals surface area contributed by atoms with Gasteiger partial charge in [0.15, 0.2) is 0 Å². The van der Waals surface area contributed by atoms with Gasteiger partial charge >= 0.3 is 0 Å². The fourth-order valence-electron chi connectivity index (χ4n) is 2.20. The van der Waals surface area contributed by atoms with Crippen LogP contribution in [0.1, 0.15) is 32.4 Å². The molecule has 2 rings (SSSR count). The maximum Gasteiger partial charge on any atom is 0.133 e. The van der Waals surface area contributed by atoms with Gasteiger partial charge in [0, 0.05) is 24.3 Å². The van der Waals surface area contributed by atoms with E-state index in [0.717, 1.165) is 24.5 Å². The van der Waals surface area contributed by atoms with Crippen LogP contribution in [0.3, 0.4) is 0 Å². The highest BCUT2D eigenvalue weighted by Gasteiger charge is 2.26. The van der Waals surface area contributed by atoms with Crippen molar-refractivity contribution in [2.24, 2.45) is 5.73 Å². The topological polar surface area (TPSA) is 51.4 Å². The zero-order chi connectivity index (χ0) is 12.4. The molecule has 0 aliphatic carbocycles. The van der Waals surface area contributed by atoms with Crippen molar-refractivity contribution >= 4 is 5.82 Å². The molecule has 17 heavy (non-hydrogen) atoms. The van der Waals surface area contributed by atoms with Gasteiger partial charge in [-0.3, -0.25) is 0 Å². The second-order valence-electron chi connectivity index (χ2n) is 4.85. The van der Waals surface area contributed by atoms with E-state index in [2.05, 4.69) is 29.8 Å². The van der Waals surface area contributed by atoms with Crippen molar-refractivity contribution in [3.8, 4) is 0 Å². The van der Waals surface area contributed by atoms with Crippen LogP contribution >= 0.6 is 0 Å². The Kier molecular flexibility index (Phi) is 3.64. The van der Waals surface area contributed by atoms with E-state index < -0.39 is 0 Å². The lowest BCUT2D eigenvalue weighted by molar-refractivity contribution is 0.0339. The lowest BCUT2D eigenvalue weighted by Crippen LogP contribution is -2.48. The Hall–Kier alpha value is -1.13. The van der Waals surface area contributed by atoms with Crippen molar-refractivity contribution < 1.29 is 4.74 Å². The summed E-state index contributed by atoms with van der Waals surface area (Å²) in [6.07, 6.45) is 2.07. The first-order valence-electron chi connectivity index (χ1n) is 6.18. The SMILES string of the molecule is CC1CN(c2ncccc2[C@H](C)N)C(C)CO1. The third-order valence-electron chi connectivity index (χ3n) is 3.19. The Morgan fingerprint density at radius 1 is 1.53 bits per heavy atom. The molecule has 94 valence electrons. The summed E-state index contributed by atoms with van der Waals surface area (Å²) in [7, 11) is 0. The molecule has 2 N–H and O–H groups in total. The molecule has 0 aromatic carbocycles. The molecule has 0 radical (unpaired) electrons. The molecule has 0 saturated carbocycles. The Balaban J connectivity index is 2.31. The van der Waals surface area contributed by atoms with Gasteiger partial charge in [0.25, 0.3) is 0 Å². The Bertz CT molecular complexity index is 381. The van der Waals surface area contributed by atoms with Gasteiger partial charge in [0.2, 0.25) is 0 Å². The summed E-state index contributed by atoms with van der Waals surface area (Å²) in [5, 5.41) is 0. The van der Waals surface area contributed by atoms with Gasteiger partial charge in [-0.1, -0.05) is 6.07 Å². The lowest BCUT2D eigenvalue weighted by atomic mass is 10.1. The average Bonchev–Trinajstić information content (AvgIpc) is 2.32. The van der Waals surface area contributed by atoms with Crippen molar-refractivity contribution in [2.75, 3.05) is 18.1 Å². The zero-order valence-corrected chi connectivity index (χ0v) is 10.8. The Morgan fingerprint density at radius 3 is 3.00 bits per heavy atom. The van der Waals surface area contributed by atoms with Crippen LogP contribution in [0.15, 0.2) is 18.3 Å². The summed E-state index contributed by atoms with van der Waals surface area (Å²) < 4.78 is 5.64. The van der Waals surface area contributed by atoms with Gasteiger partial charge in [-0.2, -0.15) is 0 Å². The molecule has 3 atom stereocenters. The van der Waals surface area contributed by atoms with Crippen molar-refractivity contribution in [1.82, 2.24) is 4.98 Å². The monoisotopic (exact) mass is 235 g/mol. The van der Waals surface area contributed by atoms with E-state index in [0.29, 0.717) is 6.04 Å². The maximum absolute atomic E-state index is 6.00. The van der Waals surface area contributed by atoms with Gasteiger partial charge in [0.05, 0.1) is 18.8 Å². The summed E-state index contributed by atoms with van der Waals surface area (Å²) >= 11 is 0. The number of nitrogens with zero attached hydrogens (tertiary/aromatic N) is 2. The summed E-state index contributed by atoms with van der Waals surface area (Å²) in [6, 6.07) is 4.35.